The number of esters is 1. The Morgan fingerprint density at radius 1 is 1.25 bits per heavy atom. The standard InChI is InChI=1S/C18H26O6/c1-9-6-13(22-4)15-16(14-10(2)12(19)7-11(9)14)24-17(20)18(15,23-5)8-21-3/h10-11,13-16H,1,6-8H2,2-5H3. The lowest BCUT2D eigenvalue weighted by Gasteiger charge is -2.35. The molecule has 3 fully saturated rings. The van der Waals surface area contributed by atoms with Crippen LogP contribution >= 0.6 is 0 Å². The highest BCUT2D eigenvalue weighted by Crippen LogP contribution is 2.54. The SMILES string of the molecule is C=C1CC(OC)C2C(OC(=O)C2(COC)OC)C2C(C)C(=O)CC12. The van der Waals surface area contributed by atoms with Crippen LogP contribution in [-0.2, 0) is 28.5 Å². The Balaban J connectivity index is 2.09. The van der Waals surface area contributed by atoms with Crippen LogP contribution in [0.2, 0.25) is 0 Å². The summed E-state index contributed by atoms with van der Waals surface area (Å²) in [7, 11) is 4.65. The molecule has 0 aromatic rings. The van der Waals surface area contributed by atoms with E-state index in [1.165, 1.54) is 14.2 Å². The molecule has 1 saturated heterocycles. The summed E-state index contributed by atoms with van der Waals surface area (Å²) in [5, 5.41) is 0. The molecule has 1 aliphatic heterocycles. The third kappa shape index (κ3) is 2.27. The number of Topliss-reactive ketones (excluding diaryl/α,β-unsaturated/α-hetero) is 1. The van der Waals surface area contributed by atoms with E-state index in [-0.39, 0.29) is 42.2 Å². The van der Waals surface area contributed by atoms with Gasteiger partial charge in [0, 0.05) is 39.6 Å². The van der Waals surface area contributed by atoms with Gasteiger partial charge in [-0.25, -0.2) is 4.79 Å². The summed E-state index contributed by atoms with van der Waals surface area (Å²) in [4.78, 5) is 25.0. The lowest BCUT2D eigenvalue weighted by Crippen LogP contribution is -2.53. The number of methoxy groups -OCH3 is 3. The molecule has 2 aliphatic carbocycles. The highest BCUT2D eigenvalue weighted by molar-refractivity contribution is 5.86. The van der Waals surface area contributed by atoms with Crippen molar-refractivity contribution < 1.29 is 28.5 Å². The van der Waals surface area contributed by atoms with E-state index in [0.717, 1.165) is 5.57 Å². The summed E-state index contributed by atoms with van der Waals surface area (Å²) in [6.07, 6.45) is 0.358. The molecule has 0 spiro atoms. The Labute approximate surface area is 142 Å². The van der Waals surface area contributed by atoms with Crippen molar-refractivity contribution in [3.05, 3.63) is 12.2 Å². The number of fused-ring (bicyclic) bond motifs is 3. The molecular weight excluding hydrogens is 312 g/mol. The summed E-state index contributed by atoms with van der Waals surface area (Å²) in [5.41, 5.74) is -0.210. The van der Waals surface area contributed by atoms with E-state index < -0.39 is 17.7 Å². The second-order valence-electron chi connectivity index (χ2n) is 7.20. The zero-order valence-corrected chi connectivity index (χ0v) is 14.7. The minimum atomic E-state index is -1.21. The molecule has 0 amide bonds. The van der Waals surface area contributed by atoms with Crippen LogP contribution in [0, 0.1) is 23.7 Å². The molecule has 6 heteroatoms. The van der Waals surface area contributed by atoms with Gasteiger partial charge in [-0.05, 0) is 12.3 Å². The highest BCUT2D eigenvalue weighted by Gasteiger charge is 2.66. The normalized spacial score (nSPS) is 44.9. The fourth-order valence-electron chi connectivity index (χ4n) is 4.97. The molecular formula is C18H26O6. The largest absolute Gasteiger partial charge is 0.459 e. The van der Waals surface area contributed by atoms with Gasteiger partial charge >= 0.3 is 5.97 Å². The molecule has 0 aromatic heterocycles. The van der Waals surface area contributed by atoms with E-state index >= 15 is 0 Å². The average Bonchev–Trinajstić information content (AvgIpc) is 2.96. The second-order valence-corrected chi connectivity index (χ2v) is 7.20. The van der Waals surface area contributed by atoms with Crippen molar-refractivity contribution >= 4 is 11.8 Å². The molecule has 0 aromatic carbocycles. The first-order valence-electron chi connectivity index (χ1n) is 8.39. The van der Waals surface area contributed by atoms with Crippen molar-refractivity contribution in [1.82, 2.24) is 0 Å². The number of carbonyl (C=O) groups is 2. The van der Waals surface area contributed by atoms with Crippen molar-refractivity contribution in [2.75, 3.05) is 27.9 Å². The summed E-state index contributed by atoms with van der Waals surface area (Å²) in [5.74, 6) is -0.769. The fraction of sp³-hybridized carbons (Fsp3) is 0.778. The van der Waals surface area contributed by atoms with E-state index in [4.69, 9.17) is 18.9 Å². The molecule has 1 heterocycles. The monoisotopic (exact) mass is 338 g/mol. The Morgan fingerprint density at radius 3 is 2.54 bits per heavy atom. The Morgan fingerprint density at radius 2 is 1.96 bits per heavy atom. The maximum atomic E-state index is 12.7. The smallest absolute Gasteiger partial charge is 0.341 e. The number of hydrogen-bond acceptors (Lipinski definition) is 6. The van der Waals surface area contributed by atoms with Crippen molar-refractivity contribution in [3.8, 4) is 0 Å². The van der Waals surface area contributed by atoms with Gasteiger partial charge in [-0.15, -0.1) is 0 Å². The van der Waals surface area contributed by atoms with Gasteiger partial charge in [0.15, 0.2) is 5.60 Å². The molecule has 3 aliphatic rings. The van der Waals surface area contributed by atoms with Gasteiger partial charge in [0.2, 0.25) is 0 Å². The van der Waals surface area contributed by atoms with Crippen LogP contribution in [0.1, 0.15) is 19.8 Å². The molecule has 7 atom stereocenters. The number of ketones is 1. The van der Waals surface area contributed by atoms with Gasteiger partial charge in [0.1, 0.15) is 11.9 Å². The maximum Gasteiger partial charge on any atom is 0.341 e. The minimum Gasteiger partial charge on any atom is -0.459 e. The Kier molecular flexibility index (Phi) is 4.57. The van der Waals surface area contributed by atoms with Gasteiger partial charge in [-0.2, -0.15) is 0 Å². The molecule has 0 N–H and O–H groups in total. The van der Waals surface area contributed by atoms with Crippen LogP contribution in [0.3, 0.4) is 0 Å². The first-order valence-corrected chi connectivity index (χ1v) is 8.39. The molecule has 2 saturated carbocycles. The second kappa shape index (κ2) is 6.24. The molecule has 3 rings (SSSR count). The Bertz CT molecular complexity index is 558. The van der Waals surface area contributed by atoms with Crippen LogP contribution in [0.5, 0.6) is 0 Å². The zero-order chi connectivity index (χ0) is 17.6. The van der Waals surface area contributed by atoms with Gasteiger partial charge in [-0.1, -0.05) is 19.1 Å². The molecule has 24 heavy (non-hydrogen) atoms. The molecule has 134 valence electrons. The summed E-state index contributed by atoms with van der Waals surface area (Å²) >= 11 is 0. The predicted octanol–water partition coefficient (Wildman–Crippen LogP) is 1.38. The van der Waals surface area contributed by atoms with Gasteiger partial charge in [-0.3, -0.25) is 4.79 Å². The van der Waals surface area contributed by atoms with Crippen LogP contribution < -0.4 is 0 Å². The van der Waals surface area contributed by atoms with E-state index in [1.807, 2.05) is 6.92 Å². The Hall–Kier alpha value is -1.24. The van der Waals surface area contributed by atoms with E-state index in [0.29, 0.717) is 12.8 Å². The first kappa shape index (κ1) is 17.6. The lowest BCUT2D eigenvalue weighted by molar-refractivity contribution is -0.168. The maximum absolute atomic E-state index is 12.7. The minimum absolute atomic E-state index is 0.0307. The van der Waals surface area contributed by atoms with Crippen molar-refractivity contribution in [1.29, 1.82) is 0 Å². The molecule has 7 unspecified atom stereocenters. The van der Waals surface area contributed by atoms with Crippen LogP contribution in [0.4, 0.5) is 0 Å². The summed E-state index contributed by atoms with van der Waals surface area (Å²) in [6.45, 7) is 6.22. The molecule has 0 radical (unpaired) electrons. The third-order valence-corrected chi connectivity index (χ3v) is 6.25. The molecule has 0 bridgehead atoms. The fourth-order valence-corrected chi connectivity index (χ4v) is 4.97. The average molecular weight is 338 g/mol. The van der Waals surface area contributed by atoms with Crippen molar-refractivity contribution in [2.24, 2.45) is 23.7 Å². The van der Waals surface area contributed by atoms with E-state index in [2.05, 4.69) is 6.58 Å². The lowest BCUT2D eigenvalue weighted by atomic mass is 9.75. The predicted molar refractivity (Wildman–Crippen MR) is 85.3 cm³/mol. The van der Waals surface area contributed by atoms with Gasteiger partial charge in [0.05, 0.1) is 18.6 Å². The molecule has 6 nitrogen and oxygen atoms in total. The van der Waals surface area contributed by atoms with Crippen LogP contribution in [0.15, 0.2) is 12.2 Å². The van der Waals surface area contributed by atoms with E-state index in [1.54, 1.807) is 7.11 Å². The number of hydrogen-bond donors (Lipinski definition) is 0. The van der Waals surface area contributed by atoms with E-state index in [9.17, 15) is 9.59 Å². The summed E-state index contributed by atoms with van der Waals surface area (Å²) in [6, 6.07) is 0. The van der Waals surface area contributed by atoms with Gasteiger partial charge in [0.25, 0.3) is 0 Å². The van der Waals surface area contributed by atoms with Crippen LogP contribution in [0.25, 0.3) is 0 Å². The first-order chi connectivity index (χ1) is 11.4. The quantitative estimate of drug-likeness (QED) is 0.570. The van der Waals surface area contributed by atoms with Gasteiger partial charge < -0.3 is 18.9 Å². The highest BCUT2D eigenvalue weighted by atomic mass is 16.6. The third-order valence-electron chi connectivity index (χ3n) is 6.25. The number of rotatable bonds is 4. The van der Waals surface area contributed by atoms with Crippen molar-refractivity contribution in [3.63, 3.8) is 0 Å². The summed E-state index contributed by atoms with van der Waals surface area (Å²) < 4.78 is 22.5. The van der Waals surface area contributed by atoms with Crippen LogP contribution in [-0.4, -0.2) is 57.5 Å². The number of carbonyl (C=O) groups excluding carboxylic acids is 2. The zero-order valence-electron chi connectivity index (χ0n) is 14.7. The topological polar surface area (TPSA) is 71.1 Å². The van der Waals surface area contributed by atoms with Crippen molar-refractivity contribution in [2.45, 2.75) is 37.6 Å². The number of ether oxygens (including phenoxy) is 4.